The zero-order valence-corrected chi connectivity index (χ0v) is 12.1. The van der Waals surface area contributed by atoms with Crippen LogP contribution in [-0.4, -0.2) is 6.54 Å². The molecule has 2 aromatic rings. The second-order valence-corrected chi connectivity index (χ2v) is 4.82. The first-order valence-corrected chi connectivity index (χ1v) is 6.94. The number of ether oxygens (including phenoxy) is 1. The summed E-state index contributed by atoms with van der Waals surface area (Å²) in [6.45, 7) is 4.03. The summed E-state index contributed by atoms with van der Waals surface area (Å²) in [5, 5.41) is 3.65. The number of halogens is 2. The van der Waals surface area contributed by atoms with Gasteiger partial charge in [-0.15, -0.1) is 0 Å². The summed E-state index contributed by atoms with van der Waals surface area (Å²) in [6, 6.07) is 12.2. The Morgan fingerprint density at radius 3 is 2.70 bits per heavy atom. The molecule has 0 saturated heterocycles. The second-order valence-electron chi connectivity index (χ2n) is 4.41. The van der Waals surface area contributed by atoms with E-state index in [2.05, 4.69) is 12.2 Å². The van der Waals surface area contributed by atoms with Crippen LogP contribution in [0, 0.1) is 5.82 Å². The lowest BCUT2D eigenvalue weighted by Crippen LogP contribution is -2.12. The lowest BCUT2D eigenvalue weighted by atomic mass is 10.2. The molecular weight excluding hydrogens is 277 g/mol. The number of rotatable bonds is 6. The Kier molecular flexibility index (Phi) is 5.39. The topological polar surface area (TPSA) is 21.3 Å². The summed E-state index contributed by atoms with van der Waals surface area (Å²) >= 11 is 5.99. The third-order valence-electron chi connectivity index (χ3n) is 2.94. The zero-order valence-electron chi connectivity index (χ0n) is 11.3. The molecule has 2 rings (SSSR count). The van der Waals surface area contributed by atoms with Gasteiger partial charge in [-0.1, -0.05) is 42.8 Å². The molecule has 106 valence electrons. The quantitative estimate of drug-likeness (QED) is 0.863. The maximum Gasteiger partial charge on any atom is 0.124 e. The normalized spacial score (nSPS) is 10.6. The van der Waals surface area contributed by atoms with Crippen LogP contribution in [-0.2, 0) is 13.2 Å². The third-order valence-corrected chi connectivity index (χ3v) is 3.29. The summed E-state index contributed by atoms with van der Waals surface area (Å²) in [5.41, 5.74) is 1.86. The first-order valence-electron chi connectivity index (χ1n) is 6.56. The molecule has 0 saturated carbocycles. The van der Waals surface area contributed by atoms with E-state index in [0.29, 0.717) is 11.6 Å². The molecular formula is C16H17ClFNO. The number of para-hydroxylation sites is 1. The van der Waals surface area contributed by atoms with Gasteiger partial charge in [0.2, 0.25) is 0 Å². The molecule has 1 N–H and O–H groups in total. The van der Waals surface area contributed by atoms with Crippen LogP contribution < -0.4 is 10.1 Å². The maximum absolute atomic E-state index is 13.0. The molecule has 0 aromatic heterocycles. The van der Waals surface area contributed by atoms with Crippen LogP contribution >= 0.6 is 11.6 Å². The fourth-order valence-corrected chi connectivity index (χ4v) is 2.07. The van der Waals surface area contributed by atoms with E-state index in [9.17, 15) is 4.39 Å². The van der Waals surface area contributed by atoms with Crippen LogP contribution in [0.4, 0.5) is 4.39 Å². The SMILES string of the molecule is CCNCc1ccccc1OCc1ccc(F)cc1Cl. The molecule has 0 atom stereocenters. The van der Waals surface area contributed by atoms with Crippen molar-refractivity contribution in [2.24, 2.45) is 0 Å². The molecule has 4 heteroatoms. The van der Waals surface area contributed by atoms with Gasteiger partial charge < -0.3 is 10.1 Å². The molecule has 2 nitrogen and oxygen atoms in total. The van der Waals surface area contributed by atoms with Crippen molar-refractivity contribution in [2.45, 2.75) is 20.1 Å². The predicted molar refractivity (Wildman–Crippen MR) is 79.6 cm³/mol. The monoisotopic (exact) mass is 293 g/mol. The fourth-order valence-electron chi connectivity index (χ4n) is 1.84. The van der Waals surface area contributed by atoms with Gasteiger partial charge in [-0.25, -0.2) is 4.39 Å². The average molecular weight is 294 g/mol. The highest BCUT2D eigenvalue weighted by Crippen LogP contribution is 2.22. The van der Waals surface area contributed by atoms with Crippen molar-refractivity contribution in [1.82, 2.24) is 5.32 Å². The summed E-state index contributed by atoms with van der Waals surface area (Å²) in [5.74, 6) is 0.472. The molecule has 0 fully saturated rings. The van der Waals surface area contributed by atoms with Gasteiger partial charge >= 0.3 is 0 Å². The van der Waals surface area contributed by atoms with E-state index in [4.69, 9.17) is 16.3 Å². The Bertz CT molecular complexity index is 574. The van der Waals surface area contributed by atoms with Crippen molar-refractivity contribution >= 4 is 11.6 Å². The van der Waals surface area contributed by atoms with Crippen molar-refractivity contribution in [3.05, 3.63) is 64.4 Å². The zero-order chi connectivity index (χ0) is 14.4. The summed E-state index contributed by atoms with van der Waals surface area (Å²) in [7, 11) is 0. The Morgan fingerprint density at radius 1 is 1.15 bits per heavy atom. The van der Waals surface area contributed by atoms with Crippen LogP contribution in [0.2, 0.25) is 5.02 Å². The predicted octanol–water partition coefficient (Wildman–Crippen LogP) is 4.17. The molecule has 0 aliphatic heterocycles. The van der Waals surface area contributed by atoms with Crippen molar-refractivity contribution in [3.63, 3.8) is 0 Å². The van der Waals surface area contributed by atoms with Crippen molar-refractivity contribution in [3.8, 4) is 5.75 Å². The van der Waals surface area contributed by atoms with Crippen molar-refractivity contribution in [2.75, 3.05) is 6.54 Å². The van der Waals surface area contributed by atoms with Gasteiger partial charge in [0.25, 0.3) is 0 Å². The van der Waals surface area contributed by atoms with E-state index < -0.39 is 0 Å². The lowest BCUT2D eigenvalue weighted by molar-refractivity contribution is 0.302. The molecule has 0 amide bonds. The van der Waals surface area contributed by atoms with Gasteiger partial charge in [0.1, 0.15) is 18.2 Å². The minimum atomic E-state index is -0.341. The highest BCUT2D eigenvalue weighted by molar-refractivity contribution is 6.31. The second kappa shape index (κ2) is 7.27. The minimum absolute atomic E-state index is 0.322. The summed E-state index contributed by atoms with van der Waals surface area (Å²) < 4.78 is 18.8. The molecule has 0 unspecified atom stereocenters. The average Bonchev–Trinajstić information content (AvgIpc) is 2.45. The maximum atomic E-state index is 13.0. The molecule has 0 aliphatic carbocycles. The Labute approximate surface area is 123 Å². The first kappa shape index (κ1) is 14.8. The Morgan fingerprint density at radius 2 is 1.95 bits per heavy atom. The highest BCUT2D eigenvalue weighted by Gasteiger charge is 2.06. The Balaban J connectivity index is 2.06. The number of hydrogen-bond donors (Lipinski definition) is 1. The smallest absolute Gasteiger partial charge is 0.124 e. The van der Waals surface area contributed by atoms with E-state index >= 15 is 0 Å². The van der Waals surface area contributed by atoms with Crippen LogP contribution in [0.15, 0.2) is 42.5 Å². The summed E-state index contributed by atoms with van der Waals surface area (Å²) in [4.78, 5) is 0. The van der Waals surface area contributed by atoms with Crippen LogP contribution in [0.25, 0.3) is 0 Å². The molecule has 2 aromatic carbocycles. The number of hydrogen-bond acceptors (Lipinski definition) is 2. The van der Waals surface area contributed by atoms with E-state index in [1.54, 1.807) is 6.07 Å². The van der Waals surface area contributed by atoms with Gasteiger partial charge in [0, 0.05) is 17.7 Å². The number of benzene rings is 2. The summed E-state index contributed by atoms with van der Waals surface area (Å²) in [6.07, 6.45) is 0. The lowest BCUT2D eigenvalue weighted by Gasteiger charge is -2.12. The fraction of sp³-hybridized carbons (Fsp3) is 0.250. The molecule has 0 aliphatic rings. The van der Waals surface area contributed by atoms with Crippen LogP contribution in [0.5, 0.6) is 5.75 Å². The largest absolute Gasteiger partial charge is 0.489 e. The van der Waals surface area contributed by atoms with Crippen LogP contribution in [0.1, 0.15) is 18.1 Å². The van der Waals surface area contributed by atoms with Gasteiger partial charge in [0.15, 0.2) is 0 Å². The highest BCUT2D eigenvalue weighted by atomic mass is 35.5. The van der Waals surface area contributed by atoms with E-state index in [1.807, 2.05) is 24.3 Å². The molecule has 0 bridgehead atoms. The molecule has 0 heterocycles. The molecule has 0 radical (unpaired) electrons. The standard InChI is InChI=1S/C16H17ClFNO/c1-2-19-10-12-5-3-4-6-16(12)20-11-13-7-8-14(18)9-15(13)17/h3-9,19H,2,10-11H2,1H3. The van der Waals surface area contributed by atoms with Gasteiger partial charge in [-0.3, -0.25) is 0 Å². The number of nitrogens with one attached hydrogen (secondary N) is 1. The van der Waals surface area contributed by atoms with Crippen molar-refractivity contribution in [1.29, 1.82) is 0 Å². The first-order chi connectivity index (χ1) is 9.70. The van der Waals surface area contributed by atoms with Crippen molar-refractivity contribution < 1.29 is 9.13 Å². The van der Waals surface area contributed by atoms with E-state index in [1.165, 1.54) is 12.1 Å². The van der Waals surface area contributed by atoms with Gasteiger partial charge in [0.05, 0.1) is 5.02 Å². The van der Waals surface area contributed by atoms with Gasteiger partial charge in [-0.05, 0) is 24.7 Å². The van der Waals surface area contributed by atoms with E-state index in [-0.39, 0.29) is 5.82 Å². The van der Waals surface area contributed by atoms with Gasteiger partial charge in [-0.2, -0.15) is 0 Å². The van der Waals surface area contributed by atoms with E-state index in [0.717, 1.165) is 30.0 Å². The van der Waals surface area contributed by atoms with Crippen LogP contribution in [0.3, 0.4) is 0 Å². The molecule has 0 spiro atoms. The Hall–Kier alpha value is -1.58. The third kappa shape index (κ3) is 3.95. The minimum Gasteiger partial charge on any atom is -0.489 e. The molecule has 20 heavy (non-hydrogen) atoms.